The molecule has 0 aliphatic rings. The molecule has 13 nitrogen and oxygen atoms in total. The largest absolute Gasteiger partial charge is 0.342 e. The number of fused-ring (bicyclic) bond motifs is 1. The molecule has 0 unspecified atom stereocenters. The van der Waals surface area contributed by atoms with Gasteiger partial charge in [0.15, 0.2) is 11.2 Å². The third kappa shape index (κ3) is 2.65. The van der Waals surface area contributed by atoms with E-state index >= 15 is 0 Å². The molecule has 0 amide bonds. The zero-order valence-corrected chi connectivity index (χ0v) is 12.0. The lowest BCUT2D eigenvalue weighted by Crippen LogP contribution is -2.02. The topological polar surface area (TPSA) is 180 Å². The molecule has 0 bridgehead atoms. The fraction of sp³-hybridized carbons (Fsp3) is 0. The number of nitro groups is 3. The van der Waals surface area contributed by atoms with Crippen molar-refractivity contribution in [2.75, 3.05) is 5.32 Å². The third-order valence-corrected chi connectivity index (χ3v) is 3.25. The highest BCUT2D eigenvalue weighted by molar-refractivity contribution is 6.00. The molecule has 0 saturated carbocycles. The Morgan fingerprint density at radius 3 is 2.08 bits per heavy atom. The van der Waals surface area contributed by atoms with E-state index in [0.29, 0.717) is 6.07 Å². The van der Waals surface area contributed by atoms with Crippen molar-refractivity contribution in [3.05, 3.63) is 60.7 Å². The Balaban J connectivity index is 2.26. The molecular formula is C12H6N6O7. The average molecular weight is 346 g/mol. The first-order valence-corrected chi connectivity index (χ1v) is 6.48. The van der Waals surface area contributed by atoms with Crippen molar-refractivity contribution in [1.29, 1.82) is 0 Å². The maximum atomic E-state index is 11.3. The molecule has 0 aliphatic heterocycles. The number of nitrogens with one attached hydrogen (secondary N) is 1. The van der Waals surface area contributed by atoms with Crippen LogP contribution in [0.1, 0.15) is 0 Å². The standard InChI is InChI=1S/C12H6N6O7/c19-16(20)7-4-2-1-3-6(7)13-10-8(17(21)22)5-9(18(23)24)11-12(10)15-25-14-11/h1-5,13H. The summed E-state index contributed by atoms with van der Waals surface area (Å²) < 4.78 is 4.45. The van der Waals surface area contributed by atoms with Gasteiger partial charge in [-0.25, -0.2) is 4.63 Å². The van der Waals surface area contributed by atoms with Crippen LogP contribution < -0.4 is 5.32 Å². The Kier molecular flexibility index (Phi) is 3.65. The number of nitrogens with zero attached hydrogens (tertiary/aromatic N) is 5. The van der Waals surface area contributed by atoms with Crippen molar-refractivity contribution >= 4 is 39.5 Å². The number of para-hydroxylation sites is 2. The van der Waals surface area contributed by atoms with Gasteiger partial charge in [0.05, 0.1) is 20.8 Å². The van der Waals surface area contributed by atoms with Crippen LogP contribution in [-0.2, 0) is 0 Å². The van der Waals surface area contributed by atoms with Gasteiger partial charge in [-0.15, -0.1) is 0 Å². The number of rotatable bonds is 5. The molecule has 0 fully saturated rings. The van der Waals surface area contributed by atoms with Crippen LogP contribution in [0.3, 0.4) is 0 Å². The summed E-state index contributed by atoms with van der Waals surface area (Å²) in [6, 6.07) is 6.09. The van der Waals surface area contributed by atoms with E-state index < -0.39 is 26.1 Å². The zero-order valence-electron chi connectivity index (χ0n) is 12.0. The minimum atomic E-state index is -0.877. The van der Waals surface area contributed by atoms with Crippen molar-refractivity contribution in [3.63, 3.8) is 0 Å². The van der Waals surface area contributed by atoms with Crippen molar-refractivity contribution < 1.29 is 19.4 Å². The minimum Gasteiger partial charge on any atom is -0.342 e. The molecule has 0 radical (unpaired) electrons. The van der Waals surface area contributed by atoms with E-state index in [1.165, 1.54) is 24.3 Å². The first-order chi connectivity index (χ1) is 11.9. The Hall–Kier alpha value is -4.16. The van der Waals surface area contributed by atoms with Gasteiger partial charge >= 0.3 is 11.4 Å². The monoisotopic (exact) mass is 346 g/mol. The first-order valence-electron chi connectivity index (χ1n) is 6.48. The van der Waals surface area contributed by atoms with Crippen molar-refractivity contribution in [3.8, 4) is 0 Å². The summed E-state index contributed by atoms with van der Waals surface area (Å²) in [5.41, 5.74) is -2.70. The highest BCUT2D eigenvalue weighted by atomic mass is 16.6. The Morgan fingerprint density at radius 1 is 0.840 bits per heavy atom. The van der Waals surface area contributed by atoms with Crippen LogP contribution >= 0.6 is 0 Å². The van der Waals surface area contributed by atoms with E-state index in [1.807, 2.05) is 0 Å². The lowest BCUT2D eigenvalue weighted by atomic mass is 10.1. The zero-order chi connectivity index (χ0) is 18.1. The predicted octanol–water partition coefficient (Wildman–Crippen LogP) is 2.69. The molecule has 0 aliphatic carbocycles. The van der Waals surface area contributed by atoms with E-state index in [0.717, 1.165) is 0 Å². The molecule has 0 atom stereocenters. The number of aromatic nitrogens is 2. The summed E-state index contributed by atoms with van der Waals surface area (Å²) >= 11 is 0. The fourth-order valence-electron chi connectivity index (χ4n) is 2.19. The number of non-ortho nitro benzene ring substituents is 1. The van der Waals surface area contributed by atoms with Crippen molar-refractivity contribution in [2.45, 2.75) is 0 Å². The van der Waals surface area contributed by atoms with Crippen molar-refractivity contribution in [2.24, 2.45) is 0 Å². The summed E-state index contributed by atoms with van der Waals surface area (Å²) in [6.45, 7) is 0. The van der Waals surface area contributed by atoms with Gasteiger partial charge in [0.1, 0.15) is 5.69 Å². The molecule has 3 rings (SSSR count). The van der Waals surface area contributed by atoms with Crippen molar-refractivity contribution in [1.82, 2.24) is 10.3 Å². The third-order valence-electron chi connectivity index (χ3n) is 3.25. The maximum absolute atomic E-state index is 11.3. The van der Waals surface area contributed by atoms with Gasteiger partial charge < -0.3 is 5.32 Å². The predicted molar refractivity (Wildman–Crippen MR) is 81.5 cm³/mol. The summed E-state index contributed by atoms with van der Waals surface area (Å²) in [4.78, 5) is 31.0. The van der Waals surface area contributed by atoms with Gasteiger partial charge in [0.2, 0.25) is 5.52 Å². The highest BCUT2D eigenvalue weighted by Crippen LogP contribution is 2.40. The lowest BCUT2D eigenvalue weighted by Gasteiger charge is -2.07. The fourth-order valence-corrected chi connectivity index (χ4v) is 2.19. The number of hydrogen-bond donors (Lipinski definition) is 1. The second kappa shape index (κ2) is 5.80. The van der Waals surface area contributed by atoms with Crippen LogP contribution in [0.2, 0.25) is 0 Å². The summed E-state index contributed by atoms with van der Waals surface area (Å²) in [5, 5.41) is 42.8. The molecular weight excluding hydrogens is 340 g/mol. The normalized spacial score (nSPS) is 10.6. The molecule has 13 heteroatoms. The first kappa shape index (κ1) is 15.7. The molecule has 25 heavy (non-hydrogen) atoms. The molecule has 126 valence electrons. The highest BCUT2D eigenvalue weighted by Gasteiger charge is 2.30. The van der Waals surface area contributed by atoms with Gasteiger partial charge in [-0.2, -0.15) is 0 Å². The molecule has 0 saturated heterocycles. The van der Waals surface area contributed by atoms with Crippen LogP contribution in [0.4, 0.5) is 28.4 Å². The second-order valence-corrected chi connectivity index (χ2v) is 4.66. The summed E-state index contributed by atoms with van der Waals surface area (Å²) in [6.07, 6.45) is 0. The molecule has 2 aromatic carbocycles. The quantitative estimate of drug-likeness (QED) is 0.532. The van der Waals surface area contributed by atoms with Gasteiger partial charge in [-0.05, 0) is 16.4 Å². The van der Waals surface area contributed by atoms with E-state index in [4.69, 9.17) is 0 Å². The van der Waals surface area contributed by atoms with E-state index in [9.17, 15) is 30.3 Å². The van der Waals surface area contributed by atoms with E-state index in [2.05, 4.69) is 20.3 Å². The van der Waals surface area contributed by atoms with Crippen LogP contribution in [-0.4, -0.2) is 25.1 Å². The summed E-state index contributed by atoms with van der Waals surface area (Å²) in [5.74, 6) is 0. The number of benzene rings is 2. The van der Waals surface area contributed by atoms with Gasteiger partial charge in [0.25, 0.3) is 5.69 Å². The average Bonchev–Trinajstić information content (AvgIpc) is 3.04. The second-order valence-electron chi connectivity index (χ2n) is 4.66. The Bertz CT molecular complexity index is 1030. The Morgan fingerprint density at radius 2 is 1.44 bits per heavy atom. The molecule has 1 heterocycles. The van der Waals surface area contributed by atoms with Crippen LogP contribution in [0, 0.1) is 30.3 Å². The van der Waals surface area contributed by atoms with Gasteiger partial charge in [0, 0.05) is 6.07 Å². The number of nitro benzene ring substituents is 3. The van der Waals surface area contributed by atoms with E-state index in [1.54, 1.807) is 0 Å². The lowest BCUT2D eigenvalue weighted by molar-refractivity contribution is -0.392. The maximum Gasteiger partial charge on any atom is 0.307 e. The van der Waals surface area contributed by atoms with Gasteiger partial charge in [-0.3, -0.25) is 30.3 Å². The van der Waals surface area contributed by atoms with Crippen LogP contribution in [0.15, 0.2) is 35.0 Å². The van der Waals surface area contributed by atoms with Crippen LogP contribution in [0.5, 0.6) is 0 Å². The summed E-state index contributed by atoms with van der Waals surface area (Å²) in [7, 11) is 0. The number of anilines is 2. The molecule has 3 aromatic rings. The molecule has 0 spiro atoms. The van der Waals surface area contributed by atoms with E-state index in [-0.39, 0.29) is 28.1 Å². The van der Waals surface area contributed by atoms with Crippen LogP contribution in [0.25, 0.3) is 11.0 Å². The molecule has 1 aromatic heterocycles. The SMILES string of the molecule is O=[N+]([O-])c1ccccc1Nc1c([N+](=O)[O-])cc([N+](=O)[O-])c2nonc12. The molecule has 1 N–H and O–H groups in total. The minimum absolute atomic E-state index is 0.0613. The number of hydrogen-bond acceptors (Lipinski definition) is 10. The Labute approximate surface area is 136 Å². The smallest absolute Gasteiger partial charge is 0.307 e. The van der Waals surface area contributed by atoms with Gasteiger partial charge in [-0.1, -0.05) is 12.1 Å².